The van der Waals surface area contributed by atoms with Crippen LogP contribution in [0.1, 0.15) is 46.3 Å². The van der Waals surface area contributed by atoms with Gasteiger partial charge >= 0.3 is 0 Å². The molecule has 1 saturated heterocycles. The first kappa shape index (κ1) is 17.3. The number of fused-ring (bicyclic) bond motifs is 2. The van der Waals surface area contributed by atoms with Crippen LogP contribution in [0.25, 0.3) is 10.8 Å². The Hall–Kier alpha value is -2.86. The second-order valence-corrected chi connectivity index (χ2v) is 7.60. The molecular formula is C22H23N5O. The van der Waals surface area contributed by atoms with Gasteiger partial charge in [0, 0.05) is 55.3 Å². The van der Waals surface area contributed by atoms with Gasteiger partial charge in [0.05, 0.1) is 5.69 Å². The molecule has 1 atom stereocenters. The first-order valence-electron chi connectivity index (χ1n) is 9.98. The molecule has 142 valence electrons. The van der Waals surface area contributed by atoms with Crippen molar-refractivity contribution in [1.29, 1.82) is 0 Å². The van der Waals surface area contributed by atoms with E-state index in [4.69, 9.17) is 4.98 Å². The Morgan fingerprint density at radius 2 is 2.11 bits per heavy atom. The summed E-state index contributed by atoms with van der Waals surface area (Å²) in [6.45, 7) is 3.25. The highest BCUT2D eigenvalue weighted by atomic mass is 16.2. The standard InChI is InChI=1S/C22H23N5O/c28-22(20-18-6-2-1-4-15(18)7-10-24-20)27-11-8-19-17(14-27)13-25-21(26-19)16-5-3-9-23-12-16/h1-2,4,6-7,10,13,16,23H,3,5,8-9,11-12,14H2. The molecule has 2 aliphatic heterocycles. The highest BCUT2D eigenvalue weighted by Gasteiger charge is 2.26. The number of benzene rings is 1. The lowest BCUT2D eigenvalue weighted by Crippen LogP contribution is -2.37. The zero-order valence-corrected chi connectivity index (χ0v) is 15.8. The molecule has 2 aromatic heterocycles. The van der Waals surface area contributed by atoms with E-state index in [0.29, 0.717) is 24.7 Å². The molecule has 5 rings (SSSR count). The SMILES string of the molecule is O=C(c1nccc2ccccc12)N1CCc2nc(C3CCCNC3)ncc2C1. The maximum Gasteiger partial charge on any atom is 0.273 e. The van der Waals surface area contributed by atoms with Gasteiger partial charge in [-0.3, -0.25) is 9.78 Å². The van der Waals surface area contributed by atoms with Gasteiger partial charge < -0.3 is 10.2 Å². The van der Waals surface area contributed by atoms with Gasteiger partial charge in [0.1, 0.15) is 11.5 Å². The van der Waals surface area contributed by atoms with Crippen LogP contribution in [0, 0.1) is 0 Å². The Morgan fingerprint density at radius 3 is 3.00 bits per heavy atom. The first-order chi connectivity index (χ1) is 13.8. The summed E-state index contributed by atoms with van der Waals surface area (Å²) in [5, 5.41) is 5.36. The van der Waals surface area contributed by atoms with Crippen LogP contribution in [-0.4, -0.2) is 45.4 Å². The number of hydrogen-bond donors (Lipinski definition) is 1. The fourth-order valence-corrected chi connectivity index (χ4v) is 4.21. The molecule has 1 aromatic carbocycles. The van der Waals surface area contributed by atoms with Gasteiger partial charge in [-0.2, -0.15) is 0 Å². The summed E-state index contributed by atoms with van der Waals surface area (Å²) in [6, 6.07) is 9.83. The number of piperidine rings is 1. The number of nitrogens with zero attached hydrogens (tertiary/aromatic N) is 4. The lowest BCUT2D eigenvalue weighted by Gasteiger charge is -2.29. The van der Waals surface area contributed by atoms with Crippen LogP contribution in [0.3, 0.4) is 0 Å². The molecule has 1 fully saturated rings. The Labute approximate surface area is 164 Å². The van der Waals surface area contributed by atoms with E-state index in [1.165, 1.54) is 6.42 Å². The van der Waals surface area contributed by atoms with Gasteiger partial charge in [-0.1, -0.05) is 24.3 Å². The van der Waals surface area contributed by atoms with Crippen LogP contribution in [0.15, 0.2) is 42.7 Å². The van der Waals surface area contributed by atoms with E-state index in [2.05, 4.69) is 15.3 Å². The zero-order valence-electron chi connectivity index (χ0n) is 15.8. The second-order valence-electron chi connectivity index (χ2n) is 7.60. The van der Waals surface area contributed by atoms with Crippen molar-refractivity contribution in [2.45, 2.75) is 31.7 Å². The molecule has 2 aliphatic rings. The molecule has 0 aliphatic carbocycles. The minimum atomic E-state index is -0.0250. The summed E-state index contributed by atoms with van der Waals surface area (Å²) in [7, 11) is 0. The molecule has 6 heteroatoms. The van der Waals surface area contributed by atoms with Crippen LogP contribution in [-0.2, 0) is 13.0 Å². The first-order valence-corrected chi connectivity index (χ1v) is 9.98. The van der Waals surface area contributed by atoms with E-state index in [9.17, 15) is 4.79 Å². The third-order valence-corrected chi connectivity index (χ3v) is 5.78. The highest BCUT2D eigenvalue weighted by Crippen LogP contribution is 2.25. The van der Waals surface area contributed by atoms with Gasteiger partial charge in [0.15, 0.2) is 0 Å². The molecule has 0 bridgehead atoms. The molecule has 0 radical (unpaired) electrons. The van der Waals surface area contributed by atoms with Crippen molar-refractivity contribution in [3.8, 4) is 0 Å². The molecule has 0 saturated carbocycles. The fourth-order valence-electron chi connectivity index (χ4n) is 4.21. The number of carbonyl (C=O) groups is 1. The minimum absolute atomic E-state index is 0.0250. The maximum atomic E-state index is 13.2. The van der Waals surface area contributed by atoms with Crippen molar-refractivity contribution < 1.29 is 4.79 Å². The predicted octanol–water partition coefficient (Wildman–Crippen LogP) is 2.69. The maximum absolute atomic E-state index is 13.2. The third kappa shape index (κ3) is 3.14. The average molecular weight is 373 g/mol. The summed E-state index contributed by atoms with van der Waals surface area (Å²) >= 11 is 0. The zero-order chi connectivity index (χ0) is 18.9. The number of amides is 1. The van der Waals surface area contributed by atoms with E-state index in [1.807, 2.05) is 41.4 Å². The van der Waals surface area contributed by atoms with Crippen LogP contribution >= 0.6 is 0 Å². The summed E-state index contributed by atoms with van der Waals surface area (Å²) < 4.78 is 0. The van der Waals surface area contributed by atoms with Gasteiger partial charge in [0.25, 0.3) is 5.91 Å². The van der Waals surface area contributed by atoms with Crippen molar-refractivity contribution in [1.82, 2.24) is 25.2 Å². The lowest BCUT2D eigenvalue weighted by atomic mass is 9.98. The summed E-state index contributed by atoms with van der Waals surface area (Å²) in [4.78, 5) is 28.9. The highest BCUT2D eigenvalue weighted by molar-refractivity contribution is 6.05. The number of aromatic nitrogens is 3. The number of rotatable bonds is 2. The Balaban J connectivity index is 1.39. The van der Waals surface area contributed by atoms with E-state index in [-0.39, 0.29) is 5.91 Å². The Morgan fingerprint density at radius 1 is 1.18 bits per heavy atom. The minimum Gasteiger partial charge on any atom is -0.332 e. The average Bonchev–Trinajstić information content (AvgIpc) is 2.78. The summed E-state index contributed by atoms with van der Waals surface area (Å²) in [5.41, 5.74) is 2.66. The van der Waals surface area contributed by atoms with Crippen LogP contribution in [0.5, 0.6) is 0 Å². The normalized spacial score (nSPS) is 19.4. The molecule has 4 heterocycles. The topological polar surface area (TPSA) is 71.0 Å². The van der Waals surface area contributed by atoms with E-state index < -0.39 is 0 Å². The number of pyridine rings is 1. The van der Waals surface area contributed by atoms with E-state index in [0.717, 1.165) is 53.8 Å². The van der Waals surface area contributed by atoms with Gasteiger partial charge in [-0.05, 0) is 30.8 Å². The van der Waals surface area contributed by atoms with E-state index >= 15 is 0 Å². The van der Waals surface area contributed by atoms with Gasteiger partial charge in [-0.15, -0.1) is 0 Å². The van der Waals surface area contributed by atoms with Crippen molar-refractivity contribution in [2.24, 2.45) is 0 Å². The molecule has 3 aromatic rings. The van der Waals surface area contributed by atoms with Crippen molar-refractivity contribution >= 4 is 16.7 Å². The van der Waals surface area contributed by atoms with Crippen LogP contribution in [0.4, 0.5) is 0 Å². The summed E-state index contributed by atoms with van der Waals surface area (Å²) in [5.74, 6) is 1.32. The monoisotopic (exact) mass is 373 g/mol. The Bertz CT molecular complexity index is 1020. The largest absolute Gasteiger partial charge is 0.332 e. The third-order valence-electron chi connectivity index (χ3n) is 5.78. The van der Waals surface area contributed by atoms with Crippen LogP contribution in [0.2, 0.25) is 0 Å². The smallest absolute Gasteiger partial charge is 0.273 e. The van der Waals surface area contributed by atoms with Gasteiger partial charge in [-0.25, -0.2) is 9.97 Å². The Kier molecular flexibility index (Phi) is 4.49. The molecule has 1 amide bonds. The number of carbonyl (C=O) groups excluding carboxylic acids is 1. The molecule has 0 spiro atoms. The quantitative estimate of drug-likeness (QED) is 0.748. The predicted molar refractivity (Wildman–Crippen MR) is 107 cm³/mol. The molecule has 28 heavy (non-hydrogen) atoms. The van der Waals surface area contributed by atoms with E-state index in [1.54, 1.807) is 6.20 Å². The molecular weight excluding hydrogens is 350 g/mol. The lowest BCUT2D eigenvalue weighted by molar-refractivity contribution is 0.0729. The number of hydrogen-bond acceptors (Lipinski definition) is 5. The second kappa shape index (κ2) is 7.28. The van der Waals surface area contributed by atoms with Crippen molar-refractivity contribution in [2.75, 3.05) is 19.6 Å². The van der Waals surface area contributed by atoms with Crippen molar-refractivity contribution in [3.63, 3.8) is 0 Å². The van der Waals surface area contributed by atoms with Crippen LogP contribution < -0.4 is 5.32 Å². The van der Waals surface area contributed by atoms with Gasteiger partial charge in [0.2, 0.25) is 0 Å². The van der Waals surface area contributed by atoms with Crippen molar-refractivity contribution in [3.05, 3.63) is 65.5 Å². The molecule has 1 unspecified atom stereocenters. The number of nitrogens with one attached hydrogen (secondary N) is 1. The molecule has 1 N–H and O–H groups in total. The molecule has 6 nitrogen and oxygen atoms in total. The summed E-state index contributed by atoms with van der Waals surface area (Å²) in [6.07, 6.45) is 6.71. The fraction of sp³-hybridized carbons (Fsp3) is 0.364.